The van der Waals surface area contributed by atoms with E-state index in [0.717, 1.165) is 6.26 Å². The number of rotatable bonds is 4. The van der Waals surface area contributed by atoms with Crippen molar-refractivity contribution in [2.24, 2.45) is 5.92 Å². The first-order chi connectivity index (χ1) is 13.1. The molecule has 0 saturated carbocycles. The summed E-state index contributed by atoms with van der Waals surface area (Å²) in [6.07, 6.45) is 1.13. The topological polar surface area (TPSA) is 83.6 Å². The number of hydrogen-bond acceptors (Lipinski definition) is 4. The summed E-state index contributed by atoms with van der Waals surface area (Å²) in [5.74, 6) is -0.770. The molecule has 1 N–H and O–H groups in total. The fraction of sp³-hybridized carbons (Fsp3) is 0.300. The third kappa shape index (κ3) is 3.91. The van der Waals surface area contributed by atoms with Crippen molar-refractivity contribution in [3.05, 3.63) is 53.1 Å². The van der Waals surface area contributed by atoms with Crippen molar-refractivity contribution < 1.29 is 18.0 Å². The molecule has 0 unspecified atom stereocenters. The van der Waals surface area contributed by atoms with Crippen molar-refractivity contribution in [3.8, 4) is 0 Å². The number of nitrogens with zero attached hydrogens (tertiary/aromatic N) is 1. The molecule has 8 heteroatoms. The van der Waals surface area contributed by atoms with Crippen LogP contribution in [-0.2, 0) is 25.8 Å². The Balaban J connectivity index is 2.07. The van der Waals surface area contributed by atoms with Gasteiger partial charge in [0, 0.05) is 11.3 Å². The molecule has 1 heterocycles. The number of nitrogens with one attached hydrogen (secondary N) is 1. The SMILES string of the molecule is CC(C)[C@H]1C(=O)Nc2cc(S(C)(=O)=O)ccc2N1C(=O)Cc1ccccc1Cl. The second-order valence-corrected chi connectivity index (χ2v) is 9.58. The predicted octanol–water partition coefficient (Wildman–Crippen LogP) is 3.30. The van der Waals surface area contributed by atoms with Crippen LogP contribution in [0.1, 0.15) is 19.4 Å². The van der Waals surface area contributed by atoms with Gasteiger partial charge in [-0.25, -0.2) is 8.42 Å². The number of sulfone groups is 1. The van der Waals surface area contributed by atoms with Crippen LogP contribution in [0, 0.1) is 5.92 Å². The molecular weight excluding hydrogens is 400 g/mol. The lowest BCUT2D eigenvalue weighted by molar-refractivity contribution is -0.124. The molecule has 2 aromatic carbocycles. The fourth-order valence-electron chi connectivity index (χ4n) is 3.31. The smallest absolute Gasteiger partial charge is 0.247 e. The van der Waals surface area contributed by atoms with Gasteiger partial charge >= 0.3 is 0 Å². The molecule has 1 atom stereocenters. The first-order valence-corrected chi connectivity index (χ1v) is 11.1. The average Bonchev–Trinajstić information content (AvgIpc) is 2.60. The van der Waals surface area contributed by atoms with Crippen molar-refractivity contribution in [3.63, 3.8) is 0 Å². The van der Waals surface area contributed by atoms with E-state index < -0.39 is 15.9 Å². The van der Waals surface area contributed by atoms with Crippen molar-refractivity contribution in [1.82, 2.24) is 0 Å². The highest BCUT2D eigenvalue weighted by Crippen LogP contribution is 2.36. The van der Waals surface area contributed by atoms with Crippen LogP contribution in [0.3, 0.4) is 0 Å². The van der Waals surface area contributed by atoms with Crippen LogP contribution in [-0.4, -0.2) is 32.5 Å². The summed E-state index contributed by atoms with van der Waals surface area (Å²) >= 11 is 6.19. The monoisotopic (exact) mass is 420 g/mol. The second-order valence-electron chi connectivity index (χ2n) is 7.16. The molecule has 1 aliphatic heterocycles. The van der Waals surface area contributed by atoms with E-state index in [1.165, 1.54) is 17.0 Å². The Morgan fingerprint density at radius 2 is 1.89 bits per heavy atom. The van der Waals surface area contributed by atoms with Gasteiger partial charge in [-0.3, -0.25) is 14.5 Å². The van der Waals surface area contributed by atoms with E-state index in [1.54, 1.807) is 30.3 Å². The molecule has 3 rings (SSSR count). The number of anilines is 2. The van der Waals surface area contributed by atoms with Crippen LogP contribution in [0.15, 0.2) is 47.4 Å². The second kappa shape index (κ2) is 7.56. The van der Waals surface area contributed by atoms with Crippen LogP contribution in [0.4, 0.5) is 11.4 Å². The molecule has 0 spiro atoms. The van der Waals surface area contributed by atoms with Crippen LogP contribution >= 0.6 is 11.6 Å². The Morgan fingerprint density at radius 3 is 2.50 bits per heavy atom. The number of carbonyl (C=O) groups excluding carboxylic acids is 2. The van der Waals surface area contributed by atoms with Crippen molar-refractivity contribution in [2.45, 2.75) is 31.2 Å². The minimum absolute atomic E-state index is 0.0312. The van der Waals surface area contributed by atoms with Gasteiger partial charge in [0.1, 0.15) is 6.04 Å². The van der Waals surface area contributed by atoms with Gasteiger partial charge in [0.15, 0.2) is 9.84 Å². The number of amides is 2. The Bertz CT molecular complexity index is 1050. The standard InChI is InChI=1S/C20H21ClN2O4S/c1-12(2)19-20(25)22-16-11-14(28(3,26)27)8-9-17(16)23(19)18(24)10-13-6-4-5-7-15(13)21/h4-9,11-12,19H,10H2,1-3H3,(H,22,25)/t19-/m0/s1. The summed E-state index contributed by atoms with van der Waals surface area (Å²) in [4.78, 5) is 27.4. The molecule has 0 radical (unpaired) electrons. The summed E-state index contributed by atoms with van der Waals surface area (Å²) in [6.45, 7) is 3.71. The molecular formula is C20H21ClN2O4S. The van der Waals surface area contributed by atoms with E-state index in [-0.39, 0.29) is 29.0 Å². The maximum atomic E-state index is 13.2. The van der Waals surface area contributed by atoms with Gasteiger partial charge in [-0.05, 0) is 35.7 Å². The van der Waals surface area contributed by atoms with Crippen LogP contribution in [0.5, 0.6) is 0 Å². The molecule has 0 aromatic heterocycles. The molecule has 6 nitrogen and oxygen atoms in total. The van der Waals surface area contributed by atoms with E-state index in [4.69, 9.17) is 11.6 Å². The van der Waals surface area contributed by atoms with Gasteiger partial charge < -0.3 is 5.32 Å². The van der Waals surface area contributed by atoms with E-state index in [2.05, 4.69) is 5.32 Å². The molecule has 0 bridgehead atoms. The van der Waals surface area contributed by atoms with Gasteiger partial charge in [-0.2, -0.15) is 0 Å². The lowest BCUT2D eigenvalue weighted by Gasteiger charge is -2.38. The van der Waals surface area contributed by atoms with Crippen molar-refractivity contribution >= 4 is 44.6 Å². The van der Waals surface area contributed by atoms with E-state index in [0.29, 0.717) is 22.0 Å². The summed E-state index contributed by atoms with van der Waals surface area (Å²) in [5.41, 5.74) is 1.44. The number of fused-ring (bicyclic) bond motifs is 1. The Hall–Kier alpha value is -2.38. The molecule has 1 aliphatic rings. The largest absolute Gasteiger partial charge is 0.322 e. The van der Waals surface area contributed by atoms with Crippen LogP contribution in [0.2, 0.25) is 5.02 Å². The third-order valence-electron chi connectivity index (χ3n) is 4.66. The summed E-state index contributed by atoms with van der Waals surface area (Å²) in [6, 6.07) is 10.7. The highest BCUT2D eigenvalue weighted by molar-refractivity contribution is 7.90. The maximum Gasteiger partial charge on any atom is 0.247 e. The summed E-state index contributed by atoms with van der Waals surface area (Å²) < 4.78 is 23.7. The quantitative estimate of drug-likeness (QED) is 0.822. The fourth-order valence-corrected chi connectivity index (χ4v) is 4.16. The lowest BCUT2D eigenvalue weighted by atomic mass is 9.96. The van der Waals surface area contributed by atoms with Gasteiger partial charge in [-0.15, -0.1) is 0 Å². The van der Waals surface area contributed by atoms with E-state index in [9.17, 15) is 18.0 Å². The average molecular weight is 421 g/mol. The minimum atomic E-state index is -3.45. The number of benzene rings is 2. The first kappa shape index (κ1) is 20.4. The Morgan fingerprint density at radius 1 is 1.21 bits per heavy atom. The molecule has 2 amide bonds. The first-order valence-electron chi connectivity index (χ1n) is 8.80. The zero-order valence-corrected chi connectivity index (χ0v) is 17.3. The molecule has 0 aliphatic carbocycles. The normalized spacial score (nSPS) is 16.7. The van der Waals surface area contributed by atoms with Gasteiger partial charge in [0.25, 0.3) is 0 Å². The van der Waals surface area contributed by atoms with Crippen molar-refractivity contribution in [2.75, 3.05) is 16.5 Å². The van der Waals surface area contributed by atoms with Crippen molar-refractivity contribution in [1.29, 1.82) is 0 Å². The molecule has 148 valence electrons. The minimum Gasteiger partial charge on any atom is -0.322 e. The van der Waals surface area contributed by atoms with E-state index in [1.807, 2.05) is 13.8 Å². The zero-order valence-electron chi connectivity index (χ0n) is 15.8. The van der Waals surface area contributed by atoms with E-state index >= 15 is 0 Å². The maximum absolute atomic E-state index is 13.2. The lowest BCUT2D eigenvalue weighted by Crippen LogP contribution is -2.54. The van der Waals surface area contributed by atoms with Gasteiger partial charge in [-0.1, -0.05) is 43.6 Å². The highest BCUT2D eigenvalue weighted by Gasteiger charge is 2.39. The Labute approximate surface area is 169 Å². The molecule has 0 saturated heterocycles. The van der Waals surface area contributed by atoms with Crippen LogP contribution in [0.25, 0.3) is 0 Å². The predicted molar refractivity (Wildman–Crippen MR) is 109 cm³/mol. The summed E-state index contributed by atoms with van der Waals surface area (Å²) in [7, 11) is -3.45. The zero-order chi connectivity index (χ0) is 20.6. The summed E-state index contributed by atoms with van der Waals surface area (Å²) in [5, 5.41) is 3.22. The molecule has 0 fully saturated rings. The highest BCUT2D eigenvalue weighted by atomic mass is 35.5. The van der Waals surface area contributed by atoms with Gasteiger partial charge in [0.2, 0.25) is 11.8 Å². The number of halogens is 1. The van der Waals surface area contributed by atoms with Gasteiger partial charge in [0.05, 0.1) is 22.7 Å². The Kier molecular flexibility index (Phi) is 5.50. The van der Waals surface area contributed by atoms with Crippen LogP contribution < -0.4 is 10.2 Å². The number of hydrogen-bond donors (Lipinski definition) is 1. The third-order valence-corrected chi connectivity index (χ3v) is 6.14. The number of carbonyl (C=O) groups is 2. The molecule has 28 heavy (non-hydrogen) atoms. The molecule has 2 aromatic rings.